The Hall–Kier alpha value is -3.08. The first-order chi connectivity index (χ1) is 15.5. The maximum absolute atomic E-state index is 13.0. The molecule has 0 bridgehead atoms. The number of aryl methyl sites for hydroxylation is 1. The van der Waals surface area contributed by atoms with E-state index in [2.05, 4.69) is 4.72 Å². The summed E-state index contributed by atoms with van der Waals surface area (Å²) in [6.45, 7) is 1.84. The number of anilines is 1. The molecule has 0 aromatic heterocycles. The zero-order valence-electron chi connectivity index (χ0n) is 18.0. The monoisotopic (exact) mass is 481 g/mol. The van der Waals surface area contributed by atoms with Gasteiger partial charge in [0.2, 0.25) is 0 Å². The second-order valence-electron chi connectivity index (χ2n) is 7.10. The van der Waals surface area contributed by atoms with E-state index in [1.165, 1.54) is 56.7 Å². The van der Waals surface area contributed by atoms with Gasteiger partial charge in [-0.25, -0.2) is 8.42 Å². The number of hydrogen-bond acceptors (Lipinski definition) is 5. The molecule has 0 aliphatic carbocycles. The van der Waals surface area contributed by atoms with Crippen molar-refractivity contribution in [3.8, 4) is 11.5 Å². The van der Waals surface area contributed by atoms with Gasteiger partial charge in [-0.05, 0) is 55.5 Å². The lowest BCUT2D eigenvalue weighted by Crippen LogP contribution is -2.14. The molecule has 0 spiro atoms. The molecule has 3 aromatic rings. The van der Waals surface area contributed by atoms with E-state index in [9.17, 15) is 21.6 Å². The van der Waals surface area contributed by atoms with Crippen LogP contribution < -0.4 is 9.46 Å². The molecule has 0 amide bonds. The summed E-state index contributed by atoms with van der Waals surface area (Å²) in [4.78, 5) is 0.0778. The summed E-state index contributed by atoms with van der Waals surface area (Å²) in [5.41, 5.74) is 0.525. The topological polar surface area (TPSA) is 73.9 Å². The first-order valence-corrected chi connectivity index (χ1v) is 11.2. The minimum Gasteiger partial charge on any atom is -0.457 e. The summed E-state index contributed by atoms with van der Waals surface area (Å²) in [6.07, 6.45) is -5.49. The molecule has 0 saturated heterocycles. The first-order valence-electron chi connectivity index (χ1n) is 9.67. The van der Waals surface area contributed by atoms with Crippen LogP contribution in [0, 0.1) is 6.92 Å². The van der Waals surface area contributed by atoms with E-state index in [0.717, 1.165) is 17.7 Å². The molecule has 33 heavy (non-hydrogen) atoms. The van der Waals surface area contributed by atoms with Crippen LogP contribution in [0.3, 0.4) is 0 Å². The van der Waals surface area contributed by atoms with Gasteiger partial charge in [-0.2, -0.15) is 13.2 Å². The molecule has 0 heterocycles. The lowest BCUT2D eigenvalue weighted by atomic mass is 10.1. The van der Waals surface area contributed by atoms with Gasteiger partial charge in [0.1, 0.15) is 11.5 Å². The van der Waals surface area contributed by atoms with Crippen LogP contribution in [0.15, 0.2) is 71.6 Å². The highest BCUT2D eigenvalue weighted by atomic mass is 32.2. The highest BCUT2D eigenvalue weighted by molar-refractivity contribution is 7.92. The first kappa shape index (κ1) is 24.6. The van der Waals surface area contributed by atoms with Crippen LogP contribution >= 0.6 is 0 Å². The van der Waals surface area contributed by atoms with Crippen molar-refractivity contribution in [2.75, 3.05) is 18.9 Å². The van der Waals surface area contributed by atoms with Crippen molar-refractivity contribution in [3.63, 3.8) is 0 Å². The van der Waals surface area contributed by atoms with Gasteiger partial charge in [-0.15, -0.1) is 0 Å². The second kappa shape index (κ2) is 9.82. The number of rotatable bonds is 8. The van der Waals surface area contributed by atoms with Gasteiger partial charge in [0.25, 0.3) is 10.0 Å². The summed E-state index contributed by atoms with van der Waals surface area (Å²) in [7, 11) is -1.14. The Morgan fingerprint density at radius 1 is 0.909 bits per heavy atom. The molecule has 0 unspecified atom stereocenters. The van der Waals surface area contributed by atoms with Crippen LogP contribution in [0.2, 0.25) is 0 Å². The van der Waals surface area contributed by atoms with Crippen molar-refractivity contribution < 1.29 is 35.8 Å². The van der Waals surface area contributed by atoms with Crippen molar-refractivity contribution in [3.05, 3.63) is 83.4 Å². The number of halogens is 3. The fraction of sp³-hybridized carbons (Fsp3) is 0.217. The highest BCUT2D eigenvalue weighted by Crippen LogP contribution is 2.37. The summed E-state index contributed by atoms with van der Waals surface area (Å²) in [5, 5.41) is 0. The predicted octanol–water partition coefficient (Wildman–Crippen LogP) is 5.90. The summed E-state index contributed by atoms with van der Waals surface area (Å²) < 4.78 is 83.2. The quantitative estimate of drug-likeness (QED) is 0.406. The molecule has 6 nitrogen and oxygen atoms in total. The highest BCUT2D eigenvalue weighted by Gasteiger charge is 2.31. The van der Waals surface area contributed by atoms with Gasteiger partial charge in [-0.3, -0.25) is 4.72 Å². The summed E-state index contributed by atoms with van der Waals surface area (Å²) >= 11 is 0. The van der Waals surface area contributed by atoms with E-state index < -0.39 is 28.1 Å². The van der Waals surface area contributed by atoms with Gasteiger partial charge in [0.15, 0.2) is 6.29 Å². The smallest absolute Gasteiger partial charge is 0.416 e. The number of benzene rings is 3. The lowest BCUT2D eigenvalue weighted by Gasteiger charge is -2.20. The number of nitrogens with one attached hydrogen (secondary N) is 1. The third kappa shape index (κ3) is 6.04. The van der Waals surface area contributed by atoms with Gasteiger partial charge >= 0.3 is 6.18 Å². The standard InChI is InChI=1S/C23H22F3NO5S/c1-15-7-10-19(11-8-15)33(28,29)27-17-9-12-21(20(14-17)22(30-2)31-3)32-18-6-4-5-16(13-18)23(24,25)26/h4-14,22,27H,1-3H3. The number of hydrogen-bond donors (Lipinski definition) is 1. The Balaban J connectivity index is 1.95. The molecule has 1 N–H and O–H groups in total. The fourth-order valence-electron chi connectivity index (χ4n) is 3.03. The van der Waals surface area contributed by atoms with Crippen LogP contribution in [0.25, 0.3) is 0 Å². The van der Waals surface area contributed by atoms with E-state index in [1.54, 1.807) is 12.1 Å². The summed E-state index contributed by atoms with van der Waals surface area (Å²) in [6, 6.07) is 15.0. The number of ether oxygens (including phenoxy) is 3. The Kier molecular flexibility index (Phi) is 7.31. The molecule has 10 heteroatoms. The largest absolute Gasteiger partial charge is 0.457 e. The van der Waals surface area contributed by atoms with E-state index in [0.29, 0.717) is 0 Å². The van der Waals surface area contributed by atoms with Crippen molar-refractivity contribution in [2.45, 2.75) is 24.3 Å². The molecule has 0 aliphatic heterocycles. The van der Waals surface area contributed by atoms with Crippen LogP contribution in [0.5, 0.6) is 11.5 Å². The molecule has 0 atom stereocenters. The van der Waals surface area contributed by atoms with E-state index in [-0.39, 0.29) is 27.6 Å². The third-order valence-corrected chi connectivity index (χ3v) is 6.06. The second-order valence-corrected chi connectivity index (χ2v) is 8.78. The molecule has 3 rings (SSSR count). The number of sulfonamides is 1. The molecule has 0 aliphatic rings. The van der Waals surface area contributed by atoms with E-state index in [4.69, 9.17) is 14.2 Å². The van der Waals surface area contributed by atoms with Gasteiger partial charge in [-0.1, -0.05) is 23.8 Å². The summed E-state index contributed by atoms with van der Waals surface area (Å²) in [5.74, 6) is 0.0892. The average molecular weight is 481 g/mol. The van der Waals surface area contributed by atoms with Gasteiger partial charge < -0.3 is 14.2 Å². The van der Waals surface area contributed by atoms with Crippen LogP contribution in [-0.4, -0.2) is 22.6 Å². The Morgan fingerprint density at radius 3 is 2.18 bits per heavy atom. The van der Waals surface area contributed by atoms with Gasteiger partial charge in [0, 0.05) is 19.9 Å². The lowest BCUT2D eigenvalue weighted by molar-refractivity contribution is -0.137. The Bertz CT molecular complexity index is 1210. The molecule has 0 fully saturated rings. The molecule has 176 valence electrons. The van der Waals surface area contributed by atoms with Gasteiger partial charge in [0.05, 0.1) is 16.0 Å². The average Bonchev–Trinajstić information content (AvgIpc) is 2.76. The normalized spacial score (nSPS) is 12.1. The minimum absolute atomic E-state index is 0.0509. The number of methoxy groups -OCH3 is 2. The zero-order chi connectivity index (χ0) is 24.2. The van der Waals surface area contributed by atoms with Crippen molar-refractivity contribution in [1.82, 2.24) is 0 Å². The molecule has 0 saturated carbocycles. The van der Waals surface area contributed by atoms with Crippen molar-refractivity contribution in [2.24, 2.45) is 0 Å². The molecular weight excluding hydrogens is 459 g/mol. The third-order valence-electron chi connectivity index (χ3n) is 4.66. The van der Waals surface area contributed by atoms with Crippen LogP contribution in [-0.2, 0) is 25.7 Å². The Labute approximate surface area is 190 Å². The molecule has 0 radical (unpaired) electrons. The molecule has 3 aromatic carbocycles. The number of alkyl halides is 3. The zero-order valence-corrected chi connectivity index (χ0v) is 18.8. The van der Waals surface area contributed by atoms with Crippen LogP contribution in [0.4, 0.5) is 18.9 Å². The SMILES string of the molecule is COC(OC)c1cc(NS(=O)(=O)c2ccc(C)cc2)ccc1Oc1cccc(C(F)(F)F)c1. The minimum atomic E-state index is -4.53. The van der Waals surface area contributed by atoms with Crippen molar-refractivity contribution >= 4 is 15.7 Å². The van der Waals surface area contributed by atoms with E-state index >= 15 is 0 Å². The maximum Gasteiger partial charge on any atom is 0.416 e. The van der Waals surface area contributed by atoms with E-state index in [1.807, 2.05) is 6.92 Å². The molecular formula is C23H22F3NO5S. The fourth-order valence-corrected chi connectivity index (χ4v) is 4.08. The maximum atomic E-state index is 13.0. The van der Waals surface area contributed by atoms with Crippen molar-refractivity contribution in [1.29, 1.82) is 0 Å². The van der Waals surface area contributed by atoms with Crippen LogP contribution in [0.1, 0.15) is 23.0 Å². The Morgan fingerprint density at radius 2 is 1.58 bits per heavy atom. The predicted molar refractivity (Wildman–Crippen MR) is 117 cm³/mol.